The van der Waals surface area contributed by atoms with Gasteiger partial charge in [0, 0.05) is 23.5 Å². The van der Waals surface area contributed by atoms with E-state index in [0.29, 0.717) is 6.54 Å². The fraction of sp³-hybridized carbons (Fsp3) is 0.375. The quantitative estimate of drug-likeness (QED) is 0.612. The van der Waals surface area contributed by atoms with Crippen molar-refractivity contribution in [3.8, 4) is 0 Å². The molecule has 2 N–H and O–H groups in total. The van der Waals surface area contributed by atoms with Gasteiger partial charge in [-0.25, -0.2) is 0 Å². The van der Waals surface area contributed by atoms with Crippen LogP contribution in [0.15, 0.2) is 23.9 Å². The maximum atomic E-state index is 8.51. The molecule has 0 fully saturated rings. The van der Waals surface area contributed by atoms with Gasteiger partial charge in [-0.05, 0) is 12.2 Å². The standard InChI is InChI=1S/C8H11NOS/c10-6-5-9-7-1-3-8(11)4-2-7/h1-3,9-10H,4-6H2. The summed E-state index contributed by atoms with van der Waals surface area (Å²) in [6, 6.07) is 0. The van der Waals surface area contributed by atoms with Gasteiger partial charge in [0.15, 0.2) is 0 Å². The zero-order valence-electron chi connectivity index (χ0n) is 6.21. The minimum absolute atomic E-state index is 0.162. The van der Waals surface area contributed by atoms with Crippen LogP contribution < -0.4 is 5.32 Å². The third kappa shape index (κ3) is 2.82. The van der Waals surface area contributed by atoms with Crippen LogP contribution in [0.4, 0.5) is 0 Å². The summed E-state index contributed by atoms with van der Waals surface area (Å²) < 4.78 is 0. The van der Waals surface area contributed by atoms with Gasteiger partial charge in [0.05, 0.1) is 6.61 Å². The monoisotopic (exact) mass is 169 g/mol. The number of rotatable bonds is 3. The lowest BCUT2D eigenvalue weighted by atomic mass is 10.1. The van der Waals surface area contributed by atoms with Crippen molar-refractivity contribution in [1.29, 1.82) is 0 Å². The molecule has 3 heteroatoms. The SMILES string of the molecule is OCCNC1=CCC(=S)C=C1. The van der Waals surface area contributed by atoms with Crippen LogP contribution in [-0.2, 0) is 0 Å². The normalized spacial score (nSPS) is 16.5. The molecule has 0 aliphatic heterocycles. The molecular weight excluding hydrogens is 158 g/mol. The summed E-state index contributed by atoms with van der Waals surface area (Å²) >= 11 is 4.96. The van der Waals surface area contributed by atoms with Crippen LogP contribution >= 0.6 is 12.2 Å². The molecule has 0 bridgehead atoms. The number of aliphatic hydroxyl groups is 1. The molecule has 0 aromatic carbocycles. The number of thiocarbonyl (C=S) groups is 1. The first-order valence-corrected chi connectivity index (χ1v) is 3.99. The van der Waals surface area contributed by atoms with E-state index in [9.17, 15) is 0 Å². The molecule has 1 aliphatic rings. The Morgan fingerprint density at radius 3 is 2.91 bits per heavy atom. The van der Waals surface area contributed by atoms with Crippen LogP contribution in [0.1, 0.15) is 6.42 Å². The molecule has 0 unspecified atom stereocenters. The third-order valence-corrected chi connectivity index (χ3v) is 1.72. The topological polar surface area (TPSA) is 32.3 Å². The van der Waals surface area contributed by atoms with Crippen LogP contribution in [-0.4, -0.2) is 23.1 Å². The first-order chi connectivity index (χ1) is 5.33. The summed E-state index contributed by atoms with van der Waals surface area (Å²) in [5.41, 5.74) is 1.05. The molecule has 0 spiro atoms. The summed E-state index contributed by atoms with van der Waals surface area (Å²) in [7, 11) is 0. The summed E-state index contributed by atoms with van der Waals surface area (Å²) in [5, 5.41) is 11.6. The molecule has 0 aromatic heterocycles. The van der Waals surface area contributed by atoms with Crippen molar-refractivity contribution in [1.82, 2.24) is 5.32 Å². The van der Waals surface area contributed by atoms with E-state index >= 15 is 0 Å². The molecule has 11 heavy (non-hydrogen) atoms. The maximum absolute atomic E-state index is 8.51. The Labute approximate surface area is 71.6 Å². The van der Waals surface area contributed by atoms with E-state index in [1.165, 1.54) is 0 Å². The number of allylic oxidation sites excluding steroid dienone is 3. The van der Waals surface area contributed by atoms with E-state index in [0.717, 1.165) is 17.0 Å². The second-order valence-electron chi connectivity index (χ2n) is 2.31. The van der Waals surface area contributed by atoms with Crippen LogP contribution in [0.25, 0.3) is 0 Å². The maximum Gasteiger partial charge on any atom is 0.0604 e. The third-order valence-electron chi connectivity index (χ3n) is 1.41. The molecule has 2 nitrogen and oxygen atoms in total. The molecule has 1 rings (SSSR count). The summed E-state index contributed by atoms with van der Waals surface area (Å²) in [4.78, 5) is 0.958. The molecular formula is C8H11NOS. The second-order valence-corrected chi connectivity index (χ2v) is 2.84. The fourth-order valence-corrected chi connectivity index (χ4v) is 1.01. The minimum Gasteiger partial charge on any atom is -0.395 e. The van der Waals surface area contributed by atoms with Crippen molar-refractivity contribution in [3.05, 3.63) is 23.9 Å². The number of hydrogen-bond donors (Lipinski definition) is 2. The van der Waals surface area contributed by atoms with E-state index in [4.69, 9.17) is 17.3 Å². The van der Waals surface area contributed by atoms with Crippen LogP contribution in [0, 0.1) is 0 Å². The zero-order valence-corrected chi connectivity index (χ0v) is 7.03. The molecule has 0 saturated carbocycles. The Morgan fingerprint density at radius 1 is 1.55 bits per heavy atom. The fourth-order valence-electron chi connectivity index (χ4n) is 0.861. The molecule has 0 radical (unpaired) electrons. The lowest BCUT2D eigenvalue weighted by molar-refractivity contribution is 0.297. The Hall–Kier alpha value is -0.670. The first-order valence-electron chi connectivity index (χ1n) is 3.59. The first kappa shape index (κ1) is 8.43. The average molecular weight is 169 g/mol. The van der Waals surface area contributed by atoms with Gasteiger partial charge in [0.2, 0.25) is 0 Å². The molecule has 0 atom stereocenters. The van der Waals surface area contributed by atoms with E-state index < -0.39 is 0 Å². The second kappa shape index (κ2) is 4.26. The molecule has 60 valence electrons. The lowest BCUT2D eigenvalue weighted by Crippen LogP contribution is -2.17. The van der Waals surface area contributed by atoms with Crippen LogP contribution in [0.3, 0.4) is 0 Å². The lowest BCUT2D eigenvalue weighted by Gasteiger charge is -2.08. The van der Waals surface area contributed by atoms with E-state index in [-0.39, 0.29) is 6.61 Å². The van der Waals surface area contributed by atoms with Crippen LogP contribution in [0.5, 0.6) is 0 Å². The van der Waals surface area contributed by atoms with Gasteiger partial charge in [-0.15, -0.1) is 0 Å². The highest BCUT2D eigenvalue weighted by atomic mass is 32.1. The molecule has 0 amide bonds. The van der Waals surface area contributed by atoms with Gasteiger partial charge in [-0.3, -0.25) is 0 Å². The smallest absolute Gasteiger partial charge is 0.0604 e. The van der Waals surface area contributed by atoms with Gasteiger partial charge < -0.3 is 10.4 Å². The summed E-state index contributed by atoms with van der Waals surface area (Å²) in [6.45, 7) is 0.762. The highest BCUT2D eigenvalue weighted by Crippen LogP contribution is 2.04. The van der Waals surface area contributed by atoms with Gasteiger partial charge >= 0.3 is 0 Å². The average Bonchev–Trinajstić information content (AvgIpc) is 2.04. The minimum atomic E-state index is 0.162. The summed E-state index contributed by atoms with van der Waals surface area (Å²) in [6.07, 6.45) is 6.70. The van der Waals surface area contributed by atoms with Crippen molar-refractivity contribution >= 4 is 17.1 Å². The van der Waals surface area contributed by atoms with Crippen LogP contribution in [0.2, 0.25) is 0 Å². The van der Waals surface area contributed by atoms with Crippen molar-refractivity contribution < 1.29 is 5.11 Å². The Bertz CT molecular complexity index is 208. The van der Waals surface area contributed by atoms with E-state index in [1.807, 2.05) is 18.2 Å². The highest BCUT2D eigenvalue weighted by Gasteiger charge is 1.98. The number of hydrogen-bond acceptors (Lipinski definition) is 3. The van der Waals surface area contributed by atoms with Gasteiger partial charge in [-0.1, -0.05) is 18.3 Å². The van der Waals surface area contributed by atoms with Crippen molar-refractivity contribution in [2.24, 2.45) is 0 Å². The summed E-state index contributed by atoms with van der Waals surface area (Å²) in [5.74, 6) is 0. The predicted molar refractivity (Wildman–Crippen MR) is 49.5 cm³/mol. The van der Waals surface area contributed by atoms with Crippen molar-refractivity contribution in [2.75, 3.05) is 13.2 Å². The predicted octanol–water partition coefficient (Wildman–Crippen LogP) is 0.782. The Balaban J connectivity index is 2.37. The molecule has 0 aromatic rings. The Kier molecular flexibility index (Phi) is 3.26. The van der Waals surface area contributed by atoms with E-state index in [2.05, 4.69) is 5.32 Å². The largest absolute Gasteiger partial charge is 0.395 e. The van der Waals surface area contributed by atoms with Gasteiger partial charge in [0.25, 0.3) is 0 Å². The van der Waals surface area contributed by atoms with Crippen molar-refractivity contribution in [2.45, 2.75) is 6.42 Å². The number of nitrogens with one attached hydrogen (secondary N) is 1. The molecule has 0 heterocycles. The number of aliphatic hydroxyl groups excluding tert-OH is 1. The zero-order chi connectivity index (χ0) is 8.10. The van der Waals surface area contributed by atoms with Gasteiger partial charge in [0.1, 0.15) is 0 Å². The Morgan fingerprint density at radius 2 is 2.36 bits per heavy atom. The van der Waals surface area contributed by atoms with Gasteiger partial charge in [-0.2, -0.15) is 0 Å². The van der Waals surface area contributed by atoms with Crippen molar-refractivity contribution in [3.63, 3.8) is 0 Å². The van der Waals surface area contributed by atoms with E-state index in [1.54, 1.807) is 0 Å². The highest BCUT2D eigenvalue weighted by molar-refractivity contribution is 7.80. The molecule has 0 saturated heterocycles. The molecule has 1 aliphatic carbocycles.